The normalized spacial score (nSPS) is 30.2. The topological polar surface area (TPSA) is 63.3 Å². The fourth-order valence-corrected chi connectivity index (χ4v) is 4.38. The summed E-state index contributed by atoms with van der Waals surface area (Å²) in [5.74, 6) is -0.860. The van der Waals surface area contributed by atoms with Gasteiger partial charge < -0.3 is 10.8 Å². The van der Waals surface area contributed by atoms with Gasteiger partial charge in [-0.15, -0.1) is 23.1 Å². The minimum atomic E-state index is -1.05. The van der Waals surface area contributed by atoms with Crippen molar-refractivity contribution in [3.05, 3.63) is 17.5 Å². The van der Waals surface area contributed by atoms with Crippen molar-refractivity contribution in [2.24, 2.45) is 5.73 Å². The second-order valence-corrected chi connectivity index (χ2v) is 6.58. The molecule has 0 radical (unpaired) electrons. The molecule has 3 nitrogen and oxygen atoms in total. The Hall–Kier alpha value is -0.520. The molecule has 88 valence electrons. The van der Waals surface area contributed by atoms with Crippen LogP contribution in [0.15, 0.2) is 21.7 Å². The van der Waals surface area contributed by atoms with E-state index in [0.29, 0.717) is 6.42 Å². The molecule has 1 heterocycles. The smallest absolute Gasteiger partial charge is 0.324 e. The van der Waals surface area contributed by atoms with Gasteiger partial charge in [0.2, 0.25) is 0 Å². The molecule has 2 atom stereocenters. The minimum Gasteiger partial charge on any atom is -0.480 e. The molecule has 2 unspecified atom stereocenters. The third kappa shape index (κ3) is 2.26. The van der Waals surface area contributed by atoms with E-state index in [1.165, 1.54) is 0 Å². The van der Waals surface area contributed by atoms with E-state index in [1.54, 1.807) is 23.1 Å². The summed E-state index contributed by atoms with van der Waals surface area (Å²) in [4.78, 5) is 11.3. The van der Waals surface area contributed by atoms with Crippen LogP contribution >= 0.6 is 23.1 Å². The molecule has 1 aromatic heterocycles. The van der Waals surface area contributed by atoms with Crippen LogP contribution in [0, 0.1) is 0 Å². The van der Waals surface area contributed by atoms with E-state index in [2.05, 4.69) is 0 Å². The zero-order chi connectivity index (χ0) is 11.6. The van der Waals surface area contributed by atoms with Crippen LogP contribution in [0.2, 0.25) is 0 Å². The second kappa shape index (κ2) is 4.77. The van der Waals surface area contributed by atoms with Gasteiger partial charge in [0.1, 0.15) is 5.54 Å². The number of hydrogen-bond acceptors (Lipinski definition) is 4. The van der Waals surface area contributed by atoms with Crippen molar-refractivity contribution in [3.63, 3.8) is 0 Å². The fourth-order valence-electron chi connectivity index (χ4n) is 2.05. The van der Waals surface area contributed by atoms with E-state index >= 15 is 0 Å². The Labute approximate surface area is 103 Å². The summed E-state index contributed by atoms with van der Waals surface area (Å²) in [7, 11) is 0. The monoisotopic (exact) mass is 257 g/mol. The molecule has 0 saturated heterocycles. The number of thiophene rings is 1. The molecule has 16 heavy (non-hydrogen) atoms. The second-order valence-electron chi connectivity index (χ2n) is 4.13. The molecule has 2 rings (SSSR count). The van der Waals surface area contributed by atoms with Crippen molar-refractivity contribution in [2.75, 3.05) is 0 Å². The zero-order valence-electron chi connectivity index (χ0n) is 8.89. The van der Waals surface area contributed by atoms with E-state index in [-0.39, 0.29) is 5.25 Å². The van der Waals surface area contributed by atoms with Crippen LogP contribution in [0.4, 0.5) is 0 Å². The van der Waals surface area contributed by atoms with Crippen LogP contribution in [0.3, 0.4) is 0 Å². The third-order valence-corrected chi connectivity index (χ3v) is 5.58. The summed E-state index contributed by atoms with van der Waals surface area (Å²) < 4.78 is 1.16. The van der Waals surface area contributed by atoms with Gasteiger partial charge in [0.15, 0.2) is 0 Å². The molecule has 0 bridgehead atoms. The molecule has 1 aliphatic carbocycles. The number of carbonyl (C=O) groups is 1. The number of carboxylic acids is 1. The van der Waals surface area contributed by atoms with Gasteiger partial charge in [-0.1, -0.05) is 18.9 Å². The summed E-state index contributed by atoms with van der Waals surface area (Å²) in [5, 5.41) is 11.3. The van der Waals surface area contributed by atoms with E-state index in [1.807, 2.05) is 17.5 Å². The first kappa shape index (κ1) is 12.0. The van der Waals surface area contributed by atoms with Gasteiger partial charge in [0.05, 0.1) is 4.21 Å². The molecule has 5 heteroatoms. The van der Waals surface area contributed by atoms with Crippen molar-refractivity contribution in [2.45, 2.75) is 40.7 Å². The quantitative estimate of drug-likeness (QED) is 0.873. The Balaban J connectivity index is 2.14. The molecule has 3 N–H and O–H groups in total. The highest BCUT2D eigenvalue weighted by Crippen LogP contribution is 2.40. The highest BCUT2D eigenvalue weighted by molar-refractivity contribution is 8.01. The Bertz CT molecular complexity index is 366. The first-order chi connectivity index (χ1) is 7.63. The van der Waals surface area contributed by atoms with Crippen molar-refractivity contribution < 1.29 is 9.90 Å². The van der Waals surface area contributed by atoms with Gasteiger partial charge in [0, 0.05) is 5.25 Å². The molecule has 0 aromatic carbocycles. The highest BCUT2D eigenvalue weighted by atomic mass is 32.2. The van der Waals surface area contributed by atoms with Crippen molar-refractivity contribution in [1.29, 1.82) is 0 Å². The van der Waals surface area contributed by atoms with Crippen LogP contribution in [-0.2, 0) is 4.79 Å². The molecule has 1 aromatic rings. The number of thioether (sulfide) groups is 1. The summed E-state index contributed by atoms with van der Waals surface area (Å²) in [6.45, 7) is 0. The van der Waals surface area contributed by atoms with Crippen LogP contribution in [0.1, 0.15) is 25.7 Å². The maximum atomic E-state index is 11.3. The largest absolute Gasteiger partial charge is 0.480 e. The number of hydrogen-bond donors (Lipinski definition) is 2. The Kier molecular flexibility index (Phi) is 3.56. The molecular weight excluding hydrogens is 242 g/mol. The summed E-state index contributed by atoms with van der Waals surface area (Å²) in [5.41, 5.74) is 5.00. The van der Waals surface area contributed by atoms with E-state index in [9.17, 15) is 9.90 Å². The maximum Gasteiger partial charge on any atom is 0.324 e. The minimum absolute atomic E-state index is 0.00241. The highest BCUT2D eigenvalue weighted by Gasteiger charge is 2.44. The van der Waals surface area contributed by atoms with Crippen molar-refractivity contribution >= 4 is 29.1 Å². The van der Waals surface area contributed by atoms with E-state index in [0.717, 1.165) is 23.5 Å². The van der Waals surface area contributed by atoms with Crippen LogP contribution in [0.25, 0.3) is 0 Å². The molecule has 1 aliphatic rings. The Morgan fingerprint density at radius 3 is 3.06 bits per heavy atom. The fraction of sp³-hybridized carbons (Fsp3) is 0.545. The number of aliphatic carboxylic acids is 1. The van der Waals surface area contributed by atoms with Gasteiger partial charge in [-0.2, -0.15) is 0 Å². The van der Waals surface area contributed by atoms with Crippen molar-refractivity contribution in [3.8, 4) is 0 Å². The van der Waals surface area contributed by atoms with E-state index < -0.39 is 11.5 Å². The lowest BCUT2D eigenvalue weighted by molar-refractivity contribution is -0.144. The predicted octanol–water partition coefficient (Wildman–Crippen LogP) is 2.56. The molecular formula is C11H15NO2S2. The molecule has 0 amide bonds. The molecule has 0 spiro atoms. The van der Waals surface area contributed by atoms with Gasteiger partial charge in [-0.3, -0.25) is 4.79 Å². The Morgan fingerprint density at radius 2 is 2.44 bits per heavy atom. The van der Waals surface area contributed by atoms with Crippen molar-refractivity contribution in [1.82, 2.24) is 0 Å². The number of rotatable bonds is 3. The predicted molar refractivity (Wildman–Crippen MR) is 67.0 cm³/mol. The lowest BCUT2D eigenvalue weighted by atomic mass is 9.82. The molecule has 1 saturated carbocycles. The summed E-state index contributed by atoms with van der Waals surface area (Å²) >= 11 is 3.26. The van der Waals surface area contributed by atoms with Gasteiger partial charge in [-0.05, 0) is 24.3 Å². The maximum absolute atomic E-state index is 11.3. The summed E-state index contributed by atoms with van der Waals surface area (Å²) in [6, 6.07) is 4.00. The van der Waals surface area contributed by atoms with E-state index in [4.69, 9.17) is 5.73 Å². The number of carboxylic acid groups (broad SMARTS) is 1. The van der Waals surface area contributed by atoms with Crippen LogP contribution in [0.5, 0.6) is 0 Å². The zero-order valence-corrected chi connectivity index (χ0v) is 10.5. The average molecular weight is 257 g/mol. The third-order valence-electron chi connectivity index (χ3n) is 3.03. The molecule has 0 aliphatic heterocycles. The summed E-state index contributed by atoms with van der Waals surface area (Å²) in [6.07, 6.45) is 3.48. The SMILES string of the molecule is NC1(C(=O)O)CCCCC1Sc1cccs1. The van der Waals surface area contributed by atoms with Gasteiger partial charge in [-0.25, -0.2) is 0 Å². The molecule has 1 fully saturated rings. The van der Waals surface area contributed by atoms with Crippen LogP contribution in [-0.4, -0.2) is 21.9 Å². The first-order valence-corrected chi connectivity index (χ1v) is 7.11. The Morgan fingerprint density at radius 1 is 1.62 bits per heavy atom. The first-order valence-electron chi connectivity index (χ1n) is 5.35. The average Bonchev–Trinajstić information content (AvgIpc) is 2.74. The number of nitrogens with two attached hydrogens (primary N) is 1. The van der Waals surface area contributed by atoms with Gasteiger partial charge >= 0.3 is 5.97 Å². The lowest BCUT2D eigenvalue weighted by Crippen LogP contribution is -2.57. The standard InChI is InChI=1S/C11H15NO2S2/c12-11(10(13)14)6-2-1-4-8(11)16-9-5-3-7-15-9/h3,5,7-8H,1-2,4,6,12H2,(H,13,14). The lowest BCUT2D eigenvalue weighted by Gasteiger charge is -2.36. The van der Waals surface area contributed by atoms with Crippen LogP contribution < -0.4 is 5.73 Å². The van der Waals surface area contributed by atoms with Gasteiger partial charge in [0.25, 0.3) is 0 Å².